The fraction of sp³-hybridized carbons (Fsp3) is 0.0500. The van der Waals surface area contributed by atoms with E-state index in [0.29, 0.717) is 16.0 Å². The topological polar surface area (TPSA) is 52.0 Å². The molecule has 0 saturated heterocycles. The zero-order chi connectivity index (χ0) is 17.2. The fourth-order valence-corrected chi connectivity index (χ4v) is 3.46. The van der Waals surface area contributed by atoms with Gasteiger partial charge in [-0.3, -0.25) is 9.59 Å². The monoisotopic (exact) mass is 346 g/mol. The van der Waals surface area contributed by atoms with Crippen molar-refractivity contribution in [2.75, 3.05) is 0 Å². The second-order valence-electron chi connectivity index (χ2n) is 5.62. The smallest absolute Gasteiger partial charge is 0.275 e. The molecule has 0 N–H and O–H groups in total. The molecular weight excluding hydrogens is 332 g/mol. The Bertz CT molecular complexity index is 1100. The van der Waals surface area contributed by atoms with Crippen LogP contribution in [0.5, 0.6) is 0 Å². The summed E-state index contributed by atoms with van der Waals surface area (Å²) in [6, 6.07) is 20.6. The third kappa shape index (κ3) is 2.90. The molecule has 0 atom stereocenters. The van der Waals surface area contributed by atoms with E-state index in [9.17, 15) is 9.59 Å². The van der Waals surface area contributed by atoms with E-state index in [-0.39, 0.29) is 17.9 Å². The first kappa shape index (κ1) is 15.5. The number of Topliss-reactive ketones (excluding diaryl/α,β-unsaturated/α-hetero) is 1. The van der Waals surface area contributed by atoms with Gasteiger partial charge in [-0.1, -0.05) is 54.6 Å². The molecule has 25 heavy (non-hydrogen) atoms. The number of nitrogens with zero attached hydrogens (tertiary/aromatic N) is 2. The first-order chi connectivity index (χ1) is 12.2. The maximum atomic E-state index is 12.8. The molecule has 0 bridgehead atoms. The minimum Gasteiger partial charge on any atom is -0.291 e. The Hall–Kier alpha value is -3.05. The zero-order valence-electron chi connectivity index (χ0n) is 13.3. The number of carbonyl (C=O) groups is 1. The highest BCUT2D eigenvalue weighted by Crippen LogP contribution is 2.24. The van der Waals surface area contributed by atoms with E-state index in [1.165, 1.54) is 16.0 Å². The summed E-state index contributed by atoms with van der Waals surface area (Å²) < 4.78 is 1.27. The molecule has 0 aliphatic carbocycles. The fourth-order valence-electron chi connectivity index (χ4n) is 2.80. The van der Waals surface area contributed by atoms with Gasteiger partial charge in [0.2, 0.25) is 0 Å². The molecule has 4 rings (SSSR count). The molecule has 5 heteroatoms. The minimum absolute atomic E-state index is 0.0655. The molecule has 2 aromatic heterocycles. The Kier molecular flexibility index (Phi) is 3.99. The van der Waals surface area contributed by atoms with Crippen LogP contribution >= 0.6 is 11.3 Å². The lowest BCUT2D eigenvalue weighted by Crippen LogP contribution is -2.27. The van der Waals surface area contributed by atoms with Crippen molar-refractivity contribution >= 4 is 27.9 Å². The summed E-state index contributed by atoms with van der Waals surface area (Å²) >= 11 is 1.37. The number of hydrogen-bond donors (Lipinski definition) is 0. The minimum atomic E-state index is -0.250. The molecule has 0 aliphatic heterocycles. The number of thiophene rings is 1. The van der Waals surface area contributed by atoms with E-state index in [1.807, 2.05) is 60.0 Å². The van der Waals surface area contributed by atoms with Gasteiger partial charge < -0.3 is 0 Å². The van der Waals surface area contributed by atoms with Crippen molar-refractivity contribution in [3.8, 4) is 11.3 Å². The van der Waals surface area contributed by atoms with Crippen molar-refractivity contribution in [1.29, 1.82) is 0 Å². The summed E-state index contributed by atoms with van der Waals surface area (Å²) in [6.07, 6.45) is 0. The van der Waals surface area contributed by atoms with Crippen LogP contribution in [0.3, 0.4) is 0 Å². The Morgan fingerprint density at radius 1 is 0.920 bits per heavy atom. The van der Waals surface area contributed by atoms with Gasteiger partial charge in [-0.05, 0) is 17.5 Å². The summed E-state index contributed by atoms with van der Waals surface area (Å²) in [5.74, 6) is -0.112. The van der Waals surface area contributed by atoms with Gasteiger partial charge in [-0.2, -0.15) is 5.10 Å². The average Bonchev–Trinajstić information content (AvgIpc) is 3.20. The van der Waals surface area contributed by atoms with Gasteiger partial charge in [0, 0.05) is 10.9 Å². The van der Waals surface area contributed by atoms with Gasteiger partial charge in [-0.25, -0.2) is 4.68 Å². The normalized spacial score (nSPS) is 10.9. The summed E-state index contributed by atoms with van der Waals surface area (Å²) in [6.45, 7) is -0.0655. The number of ketones is 1. The van der Waals surface area contributed by atoms with Crippen molar-refractivity contribution in [2.24, 2.45) is 0 Å². The quantitative estimate of drug-likeness (QED) is 0.525. The number of fused-ring (bicyclic) bond motifs is 1. The van der Waals surface area contributed by atoms with Crippen LogP contribution in [0.4, 0.5) is 0 Å². The molecule has 2 heterocycles. The van der Waals surface area contributed by atoms with Crippen LogP contribution in [0.25, 0.3) is 22.0 Å². The van der Waals surface area contributed by atoms with Crippen LogP contribution in [0.15, 0.2) is 76.9 Å². The van der Waals surface area contributed by atoms with Gasteiger partial charge >= 0.3 is 0 Å². The van der Waals surface area contributed by atoms with E-state index in [2.05, 4.69) is 5.10 Å². The molecule has 4 aromatic rings. The number of rotatable bonds is 4. The average molecular weight is 346 g/mol. The highest BCUT2D eigenvalue weighted by Gasteiger charge is 2.15. The molecule has 0 amide bonds. The summed E-state index contributed by atoms with van der Waals surface area (Å²) in [5, 5.41) is 7.71. The Balaban J connectivity index is 1.89. The predicted molar refractivity (Wildman–Crippen MR) is 100 cm³/mol. The largest absolute Gasteiger partial charge is 0.291 e. The lowest BCUT2D eigenvalue weighted by Gasteiger charge is -2.10. The van der Waals surface area contributed by atoms with Crippen molar-refractivity contribution in [3.63, 3.8) is 0 Å². The van der Waals surface area contributed by atoms with Gasteiger partial charge in [-0.15, -0.1) is 11.3 Å². The summed E-state index contributed by atoms with van der Waals surface area (Å²) in [5.41, 5.74) is 1.37. The molecule has 0 radical (unpaired) electrons. The molecule has 0 spiro atoms. The lowest BCUT2D eigenvalue weighted by atomic mass is 10.1. The van der Waals surface area contributed by atoms with Crippen molar-refractivity contribution in [2.45, 2.75) is 6.54 Å². The van der Waals surface area contributed by atoms with Gasteiger partial charge in [0.25, 0.3) is 5.56 Å². The molecular formula is C20H14N2O2S. The SMILES string of the molecule is O=C(Cn1nc(-c2ccccc2)c2ccccc2c1=O)c1cccs1. The van der Waals surface area contributed by atoms with Crippen LogP contribution in [-0.2, 0) is 6.54 Å². The molecule has 0 saturated carbocycles. The number of aromatic nitrogens is 2. The third-order valence-electron chi connectivity index (χ3n) is 4.00. The number of carbonyl (C=O) groups excluding carboxylic acids is 1. The third-order valence-corrected chi connectivity index (χ3v) is 4.92. The molecule has 2 aromatic carbocycles. The molecule has 0 fully saturated rings. The van der Waals surface area contributed by atoms with E-state index in [4.69, 9.17) is 0 Å². The second-order valence-corrected chi connectivity index (χ2v) is 6.57. The van der Waals surface area contributed by atoms with Gasteiger partial charge in [0.1, 0.15) is 6.54 Å². The first-order valence-corrected chi connectivity index (χ1v) is 8.74. The summed E-state index contributed by atoms with van der Waals surface area (Å²) in [7, 11) is 0. The van der Waals surface area contributed by atoms with Crippen LogP contribution in [-0.4, -0.2) is 15.6 Å². The van der Waals surface area contributed by atoms with Crippen molar-refractivity contribution in [1.82, 2.24) is 9.78 Å². The van der Waals surface area contributed by atoms with Gasteiger partial charge in [0.05, 0.1) is 16.0 Å². The van der Waals surface area contributed by atoms with Gasteiger partial charge in [0.15, 0.2) is 5.78 Å². The summed E-state index contributed by atoms with van der Waals surface area (Å²) in [4.78, 5) is 25.8. The van der Waals surface area contributed by atoms with Crippen molar-refractivity contribution < 1.29 is 4.79 Å². The molecule has 0 aliphatic rings. The molecule has 4 nitrogen and oxygen atoms in total. The van der Waals surface area contributed by atoms with Crippen LogP contribution in [0.2, 0.25) is 0 Å². The maximum absolute atomic E-state index is 12.8. The van der Waals surface area contributed by atoms with Crippen LogP contribution < -0.4 is 5.56 Å². The first-order valence-electron chi connectivity index (χ1n) is 7.86. The molecule has 122 valence electrons. The van der Waals surface area contributed by atoms with Crippen LogP contribution in [0.1, 0.15) is 9.67 Å². The zero-order valence-corrected chi connectivity index (χ0v) is 14.1. The number of benzene rings is 2. The standard InChI is InChI=1S/C20H14N2O2S/c23-17(18-11-6-12-25-18)13-22-20(24)16-10-5-4-9-15(16)19(21-22)14-7-2-1-3-8-14/h1-12H,13H2. The molecule has 0 unspecified atom stereocenters. The van der Waals surface area contributed by atoms with Crippen LogP contribution in [0, 0.1) is 0 Å². The Morgan fingerprint density at radius 2 is 1.64 bits per heavy atom. The highest BCUT2D eigenvalue weighted by atomic mass is 32.1. The lowest BCUT2D eigenvalue weighted by molar-refractivity contribution is 0.0970. The van der Waals surface area contributed by atoms with Crippen molar-refractivity contribution in [3.05, 3.63) is 87.3 Å². The highest BCUT2D eigenvalue weighted by molar-refractivity contribution is 7.12. The van der Waals surface area contributed by atoms with E-state index >= 15 is 0 Å². The predicted octanol–water partition coefficient (Wildman–Crippen LogP) is 4.01. The second kappa shape index (κ2) is 6.45. The van der Waals surface area contributed by atoms with E-state index < -0.39 is 0 Å². The van der Waals surface area contributed by atoms with E-state index in [0.717, 1.165) is 10.9 Å². The maximum Gasteiger partial charge on any atom is 0.275 e. The Morgan fingerprint density at radius 3 is 2.36 bits per heavy atom. The number of hydrogen-bond acceptors (Lipinski definition) is 4. The Labute approximate surface area is 148 Å². The van der Waals surface area contributed by atoms with E-state index in [1.54, 1.807) is 12.1 Å².